The number of hydrogen-bond acceptors (Lipinski definition) is 4. The zero-order valence-corrected chi connectivity index (χ0v) is 10.5. The number of nitrogens with one attached hydrogen (secondary N) is 1. The summed E-state index contributed by atoms with van der Waals surface area (Å²) >= 11 is 1.40. The van der Waals surface area contributed by atoms with Crippen molar-refractivity contribution in [3.63, 3.8) is 0 Å². The maximum absolute atomic E-state index is 11.8. The van der Waals surface area contributed by atoms with Crippen LogP contribution in [0.5, 0.6) is 0 Å². The van der Waals surface area contributed by atoms with Crippen LogP contribution in [0.1, 0.15) is 20.4 Å². The standard InChI is InChI=1S/C11H14N4OS/c1-7-8(12)5-9(17-7)11(16)14-6-10-13-3-4-15(10)2/h3-5H,6,12H2,1-2H3,(H,14,16). The van der Waals surface area contributed by atoms with Crippen LogP contribution in [0.25, 0.3) is 0 Å². The number of carbonyl (C=O) groups excluding carboxylic acids is 1. The molecule has 0 aliphatic heterocycles. The summed E-state index contributed by atoms with van der Waals surface area (Å²) in [4.78, 5) is 17.6. The number of nitrogen functional groups attached to an aromatic ring is 1. The van der Waals surface area contributed by atoms with E-state index in [1.807, 2.05) is 24.7 Å². The van der Waals surface area contributed by atoms with Gasteiger partial charge in [0.05, 0.1) is 11.4 Å². The molecule has 0 saturated heterocycles. The van der Waals surface area contributed by atoms with E-state index in [0.29, 0.717) is 17.1 Å². The number of amides is 1. The molecule has 0 aliphatic carbocycles. The summed E-state index contributed by atoms with van der Waals surface area (Å²) in [6.07, 6.45) is 3.55. The van der Waals surface area contributed by atoms with Crippen LogP contribution in [0.3, 0.4) is 0 Å². The molecule has 6 heteroatoms. The number of hydrogen-bond donors (Lipinski definition) is 2. The molecule has 0 atom stereocenters. The Hall–Kier alpha value is -1.82. The Kier molecular flexibility index (Phi) is 3.14. The van der Waals surface area contributed by atoms with Crippen molar-refractivity contribution in [1.82, 2.24) is 14.9 Å². The first-order valence-electron chi connectivity index (χ1n) is 5.18. The van der Waals surface area contributed by atoms with Crippen LogP contribution in [0.15, 0.2) is 18.5 Å². The van der Waals surface area contributed by atoms with Gasteiger partial charge in [-0.3, -0.25) is 4.79 Å². The number of imidazole rings is 1. The van der Waals surface area contributed by atoms with Crippen molar-refractivity contribution in [2.45, 2.75) is 13.5 Å². The van der Waals surface area contributed by atoms with Gasteiger partial charge in [-0.25, -0.2) is 4.98 Å². The van der Waals surface area contributed by atoms with Crippen LogP contribution < -0.4 is 11.1 Å². The Morgan fingerprint density at radius 1 is 1.65 bits per heavy atom. The fourth-order valence-corrected chi connectivity index (χ4v) is 2.28. The highest BCUT2D eigenvalue weighted by Gasteiger charge is 2.11. The molecule has 0 saturated carbocycles. The number of aryl methyl sites for hydroxylation is 2. The molecule has 0 aliphatic rings. The summed E-state index contributed by atoms with van der Waals surface area (Å²) in [7, 11) is 1.89. The van der Waals surface area contributed by atoms with Gasteiger partial charge in [-0.1, -0.05) is 0 Å². The molecular weight excluding hydrogens is 236 g/mol. The predicted octanol–water partition coefficient (Wildman–Crippen LogP) is 1.30. The first-order chi connectivity index (χ1) is 8.08. The Morgan fingerprint density at radius 3 is 2.94 bits per heavy atom. The number of thiophene rings is 1. The largest absolute Gasteiger partial charge is 0.398 e. The van der Waals surface area contributed by atoms with Crippen LogP contribution in [0.2, 0.25) is 0 Å². The molecule has 3 N–H and O–H groups in total. The molecular formula is C11H14N4OS. The summed E-state index contributed by atoms with van der Waals surface area (Å²) in [5.41, 5.74) is 6.37. The Morgan fingerprint density at radius 2 is 2.41 bits per heavy atom. The summed E-state index contributed by atoms with van der Waals surface area (Å²) < 4.78 is 1.87. The molecule has 5 nitrogen and oxygen atoms in total. The molecule has 0 bridgehead atoms. The van der Waals surface area contributed by atoms with Gasteiger partial charge in [-0.2, -0.15) is 0 Å². The molecule has 0 unspecified atom stereocenters. The topological polar surface area (TPSA) is 72.9 Å². The molecule has 17 heavy (non-hydrogen) atoms. The summed E-state index contributed by atoms with van der Waals surface area (Å²) in [6, 6.07) is 1.70. The molecule has 0 fully saturated rings. The maximum atomic E-state index is 11.8. The molecule has 0 radical (unpaired) electrons. The van der Waals surface area contributed by atoms with Crippen molar-refractivity contribution in [3.05, 3.63) is 34.0 Å². The summed E-state index contributed by atoms with van der Waals surface area (Å²) in [5, 5.41) is 2.82. The zero-order valence-electron chi connectivity index (χ0n) is 9.73. The highest BCUT2D eigenvalue weighted by Crippen LogP contribution is 2.23. The monoisotopic (exact) mass is 250 g/mol. The van der Waals surface area contributed by atoms with E-state index >= 15 is 0 Å². The molecule has 1 amide bonds. The Labute approximate surface area is 103 Å². The maximum Gasteiger partial charge on any atom is 0.261 e. The van der Waals surface area contributed by atoms with Crippen LogP contribution >= 0.6 is 11.3 Å². The van der Waals surface area contributed by atoms with E-state index in [0.717, 1.165) is 10.7 Å². The van der Waals surface area contributed by atoms with Crippen LogP contribution in [0, 0.1) is 6.92 Å². The van der Waals surface area contributed by atoms with Gasteiger partial charge < -0.3 is 15.6 Å². The van der Waals surface area contributed by atoms with E-state index in [2.05, 4.69) is 10.3 Å². The van der Waals surface area contributed by atoms with E-state index in [1.54, 1.807) is 12.3 Å². The number of carbonyl (C=O) groups is 1. The van der Waals surface area contributed by atoms with Gasteiger partial charge in [0.15, 0.2) is 0 Å². The van der Waals surface area contributed by atoms with Gasteiger partial charge in [0.2, 0.25) is 0 Å². The van der Waals surface area contributed by atoms with Crippen molar-refractivity contribution >= 4 is 22.9 Å². The summed E-state index contributed by atoms with van der Waals surface area (Å²) in [5.74, 6) is 0.706. The molecule has 2 aromatic rings. The fourth-order valence-electron chi connectivity index (χ4n) is 1.42. The van der Waals surface area contributed by atoms with E-state index in [1.165, 1.54) is 11.3 Å². The summed E-state index contributed by atoms with van der Waals surface area (Å²) in [6.45, 7) is 2.31. The first kappa shape index (κ1) is 11.7. The lowest BCUT2D eigenvalue weighted by atomic mass is 10.3. The SMILES string of the molecule is Cc1sc(C(=O)NCc2nccn2C)cc1N. The van der Waals surface area contributed by atoms with Gasteiger partial charge in [0.25, 0.3) is 5.91 Å². The minimum absolute atomic E-state index is 0.113. The first-order valence-corrected chi connectivity index (χ1v) is 6.00. The minimum atomic E-state index is -0.113. The smallest absolute Gasteiger partial charge is 0.261 e. The van der Waals surface area contributed by atoms with Gasteiger partial charge in [-0.15, -0.1) is 11.3 Å². The van der Waals surface area contributed by atoms with Crippen molar-refractivity contribution in [2.75, 3.05) is 5.73 Å². The van der Waals surface area contributed by atoms with Crippen molar-refractivity contribution in [2.24, 2.45) is 7.05 Å². The highest BCUT2D eigenvalue weighted by molar-refractivity contribution is 7.14. The minimum Gasteiger partial charge on any atom is -0.398 e. The second kappa shape index (κ2) is 4.58. The van der Waals surface area contributed by atoms with Crippen molar-refractivity contribution < 1.29 is 4.79 Å². The van der Waals surface area contributed by atoms with Crippen molar-refractivity contribution in [1.29, 1.82) is 0 Å². The molecule has 2 heterocycles. The van der Waals surface area contributed by atoms with Crippen molar-refractivity contribution in [3.8, 4) is 0 Å². The average Bonchev–Trinajstić information content (AvgIpc) is 2.83. The number of nitrogens with zero attached hydrogens (tertiary/aromatic N) is 2. The lowest BCUT2D eigenvalue weighted by Crippen LogP contribution is -2.23. The molecule has 2 aromatic heterocycles. The normalized spacial score (nSPS) is 10.5. The predicted molar refractivity (Wildman–Crippen MR) is 67.8 cm³/mol. The van der Waals surface area contributed by atoms with Gasteiger partial charge in [-0.05, 0) is 13.0 Å². The number of anilines is 1. The fraction of sp³-hybridized carbons (Fsp3) is 0.273. The molecule has 0 spiro atoms. The number of rotatable bonds is 3. The third-order valence-electron chi connectivity index (χ3n) is 2.51. The third kappa shape index (κ3) is 2.47. The zero-order chi connectivity index (χ0) is 12.4. The van der Waals surface area contributed by atoms with E-state index < -0.39 is 0 Å². The van der Waals surface area contributed by atoms with Crippen LogP contribution in [-0.4, -0.2) is 15.5 Å². The quantitative estimate of drug-likeness (QED) is 0.862. The third-order valence-corrected chi connectivity index (χ3v) is 3.57. The van der Waals surface area contributed by atoms with Gasteiger partial charge in [0, 0.05) is 30.0 Å². The lowest BCUT2D eigenvalue weighted by molar-refractivity contribution is 0.0953. The lowest BCUT2D eigenvalue weighted by Gasteiger charge is -2.03. The molecule has 90 valence electrons. The molecule has 2 rings (SSSR count). The van der Waals surface area contributed by atoms with Crippen LogP contribution in [-0.2, 0) is 13.6 Å². The second-order valence-electron chi connectivity index (χ2n) is 3.76. The number of aromatic nitrogens is 2. The Balaban J connectivity index is 2.00. The Bertz CT molecular complexity index is 524. The average molecular weight is 250 g/mol. The van der Waals surface area contributed by atoms with Crippen LogP contribution in [0.4, 0.5) is 5.69 Å². The van der Waals surface area contributed by atoms with E-state index in [4.69, 9.17) is 5.73 Å². The highest BCUT2D eigenvalue weighted by atomic mass is 32.1. The van der Waals surface area contributed by atoms with E-state index in [-0.39, 0.29) is 5.91 Å². The van der Waals surface area contributed by atoms with Gasteiger partial charge in [0.1, 0.15) is 5.82 Å². The second-order valence-corrected chi connectivity index (χ2v) is 5.02. The number of nitrogens with two attached hydrogens (primary N) is 1. The molecule has 0 aromatic carbocycles. The van der Waals surface area contributed by atoms with Gasteiger partial charge >= 0.3 is 0 Å². The van der Waals surface area contributed by atoms with E-state index in [9.17, 15) is 4.79 Å².